The van der Waals surface area contributed by atoms with Gasteiger partial charge in [-0.05, 0) is 54.4 Å². The van der Waals surface area contributed by atoms with E-state index >= 15 is 0 Å². The molecule has 246 valence electrons. The molecule has 0 heterocycles. The van der Waals surface area contributed by atoms with Crippen molar-refractivity contribution >= 4 is 17.6 Å². The van der Waals surface area contributed by atoms with Gasteiger partial charge < -0.3 is 51.7 Å². The van der Waals surface area contributed by atoms with Crippen molar-refractivity contribution < 1.29 is 51.7 Å². The molecule has 0 bridgehead atoms. The number of aliphatic hydroxyl groups excluding tert-OH is 4. The molecule has 0 aromatic carbocycles. The molecule has 4 N–H and O–H groups in total. The monoisotopic (exact) mass is 612 g/mol. The highest BCUT2D eigenvalue weighted by molar-refractivity contribution is 6.61. The average Bonchev–Trinajstić information content (AvgIpc) is 2.78. The van der Waals surface area contributed by atoms with Gasteiger partial charge in [0, 0.05) is 40.5 Å². The fourth-order valence-electron chi connectivity index (χ4n) is 2.92. The Morgan fingerprint density at radius 2 is 0.949 bits per heavy atom. The first-order chi connectivity index (χ1) is 16.1. The zero-order valence-electron chi connectivity index (χ0n) is 23.5. The molecule has 0 radical (unpaired) electrons. The lowest BCUT2D eigenvalue weighted by Gasteiger charge is -2.34. The Morgan fingerprint density at radius 3 is 1.21 bits per heavy atom. The molecular formula is C26H68O11Si2. The highest BCUT2D eigenvalue weighted by Crippen LogP contribution is 2.25. The van der Waals surface area contributed by atoms with Crippen LogP contribution >= 0.6 is 0 Å². The maximum absolute atomic E-state index is 9.78. The molecule has 0 aromatic heterocycles. The maximum Gasteiger partial charge on any atom is 0.500 e. The molecule has 2 atom stereocenters. The van der Waals surface area contributed by atoms with Crippen molar-refractivity contribution in [3.05, 3.63) is 0 Å². The SMILES string of the molecule is C.C.C.C.CO[Si](CCC(O)CO)(OC)OC(C)(C)C.CO[Si](CCC(O)COCCO)(OC)OC(C)(C)C. The van der Waals surface area contributed by atoms with Crippen LogP contribution in [0, 0.1) is 0 Å². The number of hydrogen-bond acceptors (Lipinski definition) is 11. The van der Waals surface area contributed by atoms with Gasteiger partial charge in [0.15, 0.2) is 0 Å². The molecule has 0 amide bonds. The van der Waals surface area contributed by atoms with Crippen LogP contribution in [0.3, 0.4) is 0 Å². The number of hydrogen-bond donors (Lipinski definition) is 4. The molecular weight excluding hydrogens is 544 g/mol. The zero-order chi connectivity index (χ0) is 27.8. The van der Waals surface area contributed by atoms with Gasteiger partial charge in [-0.25, -0.2) is 0 Å². The van der Waals surface area contributed by atoms with Crippen molar-refractivity contribution in [1.29, 1.82) is 0 Å². The van der Waals surface area contributed by atoms with Crippen LogP contribution in [-0.2, 0) is 31.3 Å². The highest BCUT2D eigenvalue weighted by atomic mass is 28.4. The first kappa shape index (κ1) is 51.7. The van der Waals surface area contributed by atoms with Crippen LogP contribution in [0.25, 0.3) is 0 Å². The van der Waals surface area contributed by atoms with Gasteiger partial charge in [-0.1, -0.05) is 29.7 Å². The Bertz CT molecular complexity index is 507. The highest BCUT2D eigenvalue weighted by Gasteiger charge is 2.43. The summed E-state index contributed by atoms with van der Waals surface area (Å²) in [6, 6.07) is 1.000. The Hall–Kier alpha value is -0.00623. The second kappa shape index (κ2) is 25.7. The van der Waals surface area contributed by atoms with Crippen molar-refractivity contribution in [3.8, 4) is 0 Å². The Morgan fingerprint density at radius 1 is 0.615 bits per heavy atom. The lowest BCUT2D eigenvalue weighted by Crippen LogP contribution is -2.49. The molecule has 11 nitrogen and oxygen atoms in total. The summed E-state index contributed by atoms with van der Waals surface area (Å²) in [7, 11) is 0.745. The third-order valence-corrected chi connectivity index (χ3v) is 10.6. The summed E-state index contributed by atoms with van der Waals surface area (Å²) >= 11 is 0. The van der Waals surface area contributed by atoms with Crippen LogP contribution < -0.4 is 0 Å². The van der Waals surface area contributed by atoms with E-state index in [1.807, 2.05) is 41.5 Å². The lowest BCUT2D eigenvalue weighted by molar-refractivity contribution is 0.00233. The van der Waals surface area contributed by atoms with Crippen molar-refractivity contribution in [2.75, 3.05) is 54.9 Å². The average molecular weight is 613 g/mol. The van der Waals surface area contributed by atoms with E-state index in [0.29, 0.717) is 24.9 Å². The molecule has 0 saturated heterocycles. The van der Waals surface area contributed by atoms with Gasteiger partial charge >= 0.3 is 17.6 Å². The standard InChI is InChI=1S/C12H28O6Si.C10H24O5Si.4CH4/c1-12(2,3)18-19(15-4,16-5)9-6-11(14)10-17-8-7-13;1-10(2,3)15-16(13-4,14-5)7-6-9(12)8-11;;;;/h11,13-14H,6-10H2,1-5H3;9,11-12H,6-8H2,1-5H3;4*1H4. The minimum Gasteiger partial charge on any atom is -0.394 e. The van der Waals surface area contributed by atoms with Gasteiger partial charge in [0.2, 0.25) is 0 Å². The molecule has 39 heavy (non-hydrogen) atoms. The fraction of sp³-hybridized carbons (Fsp3) is 1.00. The van der Waals surface area contributed by atoms with Gasteiger partial charge in [-0.2, -0.15) is 0 Å². The summed E-state index contributed by atoms with van der Waals surface area (Å²) in [5.74, 6) is 0. The first-order valence-electron chi connectivity index (χ1n) is 11.8. The molecule has 2 unspecified atom stereocenters. The molecule has 0 aliphatic rings. The van der Waals surface area contributed by atoms with Crippen molar-refractivity contribution in [2.24, 2.45) is 0 Å². The van der Waals surface area contributed by atoms with Gasteiger partial charge in [-0.15, -0.1) is 0 Å². The van der Waals surface area contributed by atoms with Crippen molar-refractivity contribution in [1.82, 2.24) is 0 Å². The molecule has 0 spiro atoms. The first-order valence-corrected chi connectivity index (χ1v) is 15.7. The topological polar surface area (TPSA) is 146 Å². The maximum atomic E-state index is 9.78. The normalized spacial score (nSPS) is 13.4. The Kier molecular flexibility index (Phi) is 34.1. The number of aliphatic hydroxyl groups is 4. The molecule has 0 fully saturated rings. The minimum atomic E-state index is -2.75. The summed E-state index contributed by atoms with van der Waals surface area (Å²) in [5.41, 5.74) is -0.723. The molecule has 13 heteroatoms. The van der Waals surface area contributed by atoms with E-state index in [1.165, 1.54) is 0 Å². The van der Waals surface area contributed by atoms with Gasteiger partial charge in [-0.3, -0.25) is 0 Å². The Balaban J connectivity index is -0.000000128. The lowest BCUT2D eigenvalue weighted by atomic mass is 10.2. The summed E-state index contributed by atoms with van der Waals surface area (Å²) < 4.78 is 38.4. The predicted octanol–water partition coefficient (Wildman–Crippen LogP) is 4.11. The van der Waals surface area contributed by atoms with Crippen LogP contribution in [0.15, 0.2) is 0 Å². The fourth-order valence-corrected chi connectivity index (χ4v) is 7.85. The smallest absolute Gasteiger partial charge is 0.394 e. The van der Waals surface area contributed by atoms with Crippen LogP contribution in [0.1, 0.15) is 84.1 Å². The van der Waals surface area contributed by atoms with Crippen LogP contribution in [0.4, 0.5) is 0 Å². The van der Waals surface area contributed by atoms with Gasteiger partial charge in [0.25, 0.3) is 0 Å². The largest absolute Gasteiger partial charge is 0.500 e. The second-order valence-electron chi connectivity index (χ2n) is 9.98. The molecule has 0 rings (SSSR count). The van der Waals surface area contributed by atoms with E-state index in [9.17, 15) is 10.2 Å². The molecule has 0 aromatic rings. The van der Waals surface area contributed by atoms with E-state index in [2.05, 4.69) is 0 Å². The van der Waals surface area contributed by atoms with E-state index in [4.69, 9.17) is 41.5 Å². The van der Waals surface area contributed by atoms with E-state index < -0.39 is 29.8 Å². The summed E-state index contributed by atoms with van der Waals surface area (Å²) in [6.45, 7) is 11.7. The molecule has 0 aliphatic carbocycles. The quantitative estimate of drug-likeness (QED) is 0.139. The van der Waals surface area contributed by atoms with Gasteiger partial charge in [0.05, 0.1) is 49.8 Å². The Labute approximate surface area is 243 Å². The van der Waals surface area contributed by atoms with Crippen LogP contribution in [-0.4, -0.2) is 116 Å². The summed E-state index contributed by atoms with van der Waals surface area (Å²) in [5, 5.41) is 36.4. The number of rotatable bonds is 17. The predicted molar refractivity (Wildman–Crippen MR) is 164 cm³/mol. The van der Waals surface area contributed by atoms with E-state index in [1.54, 1.807) is 28.4 Å². The summed E-state index contributed by atoms with van der Waals surface area (Å²) in [4.78, 5) is 0. The van der Waals surface area contributed by atoms with Crippen LogP contribution in [0.2, 0.25) is 12.1 Å². The van der Waals surface area contributed by atoms with E-state index in [0.717, 1.165) is 0 Å². The molecule has 0 saturated carbocycles. The van der Waals surface area contributed by atoms with Crippen molar-refractivity contribution in [3.63, 3.8) is 0 Å². The summed E-state index contributed by atoms with van der Waals surface area (Å²) in [6.07, 6.45) is -0.497. The molecule has 0 aliphatic heterocycles. The third-order valence-electron chi connectivity index (χ3n) is 4.49. The zero-order valence-corrected chi connectivity index (χ0v) is 25.5. The van der Waals surface area contributed by atoms with Gasteiger partial charge in [0.1, 0.15) is 0 Å². The van der Waals surface area contributed by atoms with Crippen LogP contribution in [0.5, 0.6) is 0 Å². The van der Waals surface area contributed by atoms with Crippen molar-refractivity contribution in [2.45, 2.75) is 120 Å². The van der Waals surface area contributed by atoms with E-state index in [-0.39, 0.29) is 67.3 Å². The second-order valence-corrected chi connectivity index (χ2v) is 15.8. The third kappa shape index (κ3) is 26.6. The minimum absolute atomic E-state index is 0. The number of ether oxygens (including phenoxy) is 1.